The number of hydrazine groups is 1. The Morgan fingerprint density at radius 2 is 2.00 bits per heavy atom. The third kappa shape index (κ3) is 5.60. The number of nitrogens with one attached hydrogen (secondary N) is 4. The number of hydrogen-bond donors (Lipinski definition) is 4. The summed E-state index contributed by atoms with van der Waals surface area (Å²) in [5.74, 6) is -0.443. The number of anilines is 1. The summed E-state index contributed by atoms with van der Waals surface area (Å²) in [5, 5.41) is 2.18. The first-order valence-electron chi connectivity index (χ1n) is 9.14. The van der Waals surface area contributed by atoms with Gasteiger partial charge in [-0.1, -0.05) is 23.7 Å². The molecular formula is C19H23ClN4O4S. The SMILES string of the molecule is CCOc1cccc(CNC(=O)C2CNNC2S(=O)(=O)Nc2ccc(Cl)cc2)c1. The lowest BCUT2D eigenvalue weighted by Crippen LogP contribution is -2.46. The summed E-state index contributed by atoms with van der Waals surface area (Å²) in [6.45, 7) is 2.91. The van der Waals surface area contributed by atoms with Crippen LogP contribution >= 0.6 is 11.6 Å². The minimum absolute atomic E-state index is 0.191. The Balaban J connectivity index is 1.64. The molecule has 2 unspecified atom stereocenters. The fraction of sp³-hybridized carbons (Fsp3) is 0.316. The quantitative estimate of drug-likeness (QED) is 0.501. The predicted octanol–water partition coefficient (Wildman–Crippen LogP) is 1.85. The molecule has 1 amide bonds. The van der Waals surface area contributed by atoms with Gasteiger partial charge in [0, 0.05) is 23.8 Å². The van der Waals surface area contributed by atoms with E-state index in [1.54, 1.807) is 24.3 Å². The van der Waals surface area contributed by atoms with Crippen LogP contribution in [0.15, 0.2) is 48.5 Å². The summed E-state index contributed by atoms with van der Waals surface area (Å²) < 4.78 is 33.4. The molecule has 0 saturated carbocycles. The van der Waals surface area contributed by atoms with Crippen LogP contribution in [0.25, 0.3) is 0 Å². The van der Waals surface area contributed by atoms with Gasteiger partial charge < -0.3 is 10.1 Å². The van der Waals surface area contributed by atoms with Gasteiger partial charge >= 0.3 is 0 Å². The molecule has 2 atom stereocenters. The summed E-state index contributed by atoms with van der Waals surface area (Å²) in [6.07, 6.45) is 0. The molecule has 0 bridgehead atoms. The Kier molecular flexibility index (Phi) is 6.96. The van der Waals surface area contributed by atoms with Crippen LogP contribution in [0.4, 0.5) is 5.69 Å². The van der Waals surface area contributed by atoms with E-state index in [0.717, 1.165) is 11.3 Å². The highest BCUT2D eigenvalue weighted by Gasteiger charge is 2.41. The van der Waals surface area contributed by atoms with Crippen molar-refractivity contribution in [3.63, 3.8) is 0 Å². The number of rotatable bonds is 8. The third-order valence-corrected chi connectivity index (χ3v) is 6.27. The van der Waals surface area contributed by atoms with Crippen LogP contribution in [0.3, 0.4) is 0 Å². The highest BCUT2D eigenvalue weighted by Crippen LogP contribution is 2.20. The monoisotopic (exact) mass is 438 g/mol. The zero-order chi connectivity index (χ0) is 20.9. The zero-order valence-electron chi connectivity index (χ0n) is 15.8. The van der Waals surface area contributed by atoms with Gasteiger partial charge in [0.25, 0.3) is 10.0 Å². The second kappa shape index (κ2) is 9.45. The highest BCUT2D eigenvalue weighted by molar-refractivity contribution is 7.93. The van der Waals surface area contributed by atoms with Gasteiger partial charge in [-0.3, -0.25) is 14.9 Å². The molecule has 0 radical (unpaired) electrons. The first kappa shape index (κ1) is 21.4. The van der Waals surface area contributed by atoms with E-state index in [2.05, 4.69) is 20.9 Å². The van der Waals surface area contributed by atoms with Crippen molar-refractivity contribution in [1.82, 2.24) is 16.2 Å². The maximum atomic E-state index is 12.7. The molecule has 1 fully saturated rings. The summed E-state index contributed by atoms with van der Waals surface area (Å²) >= 11 is 5.83. The predicted molar refractivity (Wildman–Crippen MR) is 112 cm³/mol. The topological polar surface area (TPSA) is 109 Å². The Morgan fingerprint density at radius 1 is 1.24 bits per heavy atom. The van der Waals surface area contributed by atoms with Crippen LogP contribution in [0.5, 0.6) is 5.75 Å². The second-order valence-electron chi connectivity index (χ2n) is 6.50. The van der Waals surface area contributed by atoms with Gasteiger partial charge in [0.1, 0.15) is 5.75 Å². The van der Waals surface area contributed by atoms with Crippen molar-refractivity contribution in [2.75, 3.05) is 17.9 Å². The maximum Gasteiger partial charge on any atom is 0.250 e. The molecule has 0 spiro atoms. The van der Waals surface area contributed by atoms with Crippen molar-refractivity contribution in [2.45, 2.75) is 18.8 Å². The van der Waals surface area contributed by atoms with Gasteiger partial charge in [-0.15, -0.1) is 0 Å². The van der Waals surface area contributed by atoms with Crippen LogP contribution in [-0.2, 0) is 21.4 Å². The minimum atomic E-state index is -3.86. The number of carbonyl (C=O) groups excluding carboxylic acids is 1. The molecule has 1 aliphatic rings. The van der Waals surface area contributed by atoms with E-state index in [0.29, 0.717) is 17.3 Å². The fourth-order valence-corrected chi connectivity index (χ4v) is 4.59. The van der Waals surface area contributed by atoms with Gasteiger partial charge in [0.05, 0.1) is 12.5 Å². The van der Waals surface area contributed by atoms with Crippen molar-refractivity contribution in [3.05, 3.63) is 59.1 Å². The molecule has 4 N–H and O–H groups in total. The highest BCUT2D eigenvalue weighted by atomic mass is 35.5. The van der Waals surface area contributed by atoms with Crippen molar-refractivity contribution in [2.24, 2.45) is 5.92 Å². The molecule has 3 rings (SSSR count). The average Bonchev–Trinajstić information content (AvgIpc) is 3.19. The van der Waals surface area contributed by atoms with Crippen LogP contribution in [0.2, 0.25) is 5.02 Å². The Bertz CT molecular complexity index is 953. The molecule has 8 nitrogen and oxygen atoms in total. The van der Waals surface area contributed by atoms with E-state index in [1.807, 2.05) is 31.2 Å². The third-order valence-electron chi connectivity index (χ3n) is 4.38. The van der Waals surface area contributed by atoms with Gasteiger partial charge in [0.15, 0.2) is 5.37 Å². The number of amides is 1. The van der Waals surface area contributed by atoms with Crippen LogP contribution in [0, 0.1) is 5.92 Å². The average molecular weight is 439 g/mol. The summed E-state index contributed by atoms with van der Waals surface area (Å²) in [7, 11) is -3.86. The largest absolute Gasteiger partial charge is 0.494 e. The van der Waals surface area contributed by atoms with E-state index in [9.17, 15) is 13.2 Å². The zero-order valence-corrected chi connectivity index (χ0v) is 17.4. The second-order valence-corrected chi connectivity index (χ2v) is 8.74. The summed E-state index contributed by atoms with van der Waals surface area (Å²) in [6, 6.07) is 13.7. The molecule has 1 heterocycles. The van der Waals surface area contributed by atoms with Crippen molar-refractivity contribution in [1.29, 1.82) is 0 Å². The Labute approximate surface area is 175 Å². The number of carbonyl (C=O) groups is 1. The van der Waals surface area contributed by atoms with Gasteiger partial charge in [0.2, 0.25) is 5.91 Å². The number of halogens is 1. The van der Waals surface area contributed by atoms with E-state index in [1.165, 1.54) is 0 Å². The molecular weight excluding hydrogens is 416 g/mol. The van der Waals surface area contributed by atoms with E-state index < -0.39 is 21.3 Å². The van der Waals surface area contributed by atoms with Crippen molar-refractivity contribution in [3.8, 4) is 5.75 Å². The molecule has 0 aliphatic carbocycles. The summed E-state index contributed by atoms with van der Waals surface area (Å²) in [4.78, 5) is 12.7. The standard InChI is InChI=1S/C19H23ClN4O4S/c1-2-28-16-5-3-4-13(10-16)11-21-18(25)17-12-22-23-19(17)29(26,27)24-15-8-6-14(20)7-9-15/h3-10,17,19,22-24H,2,11-12H2,1H3,(H,21,25). The Morgan fingerprint density at radius 3 is 2.72 bits per heavy atom. The number of benzene rings is 2. The molecule has 2 aromatic carbocycles. The van der Waals surface area contributed by atoms with Crippen LogP contribution in [0.1, 0.15) is 12.5 Å². The van der Waals surface area contributed by atoms with E-state index in [-0.39, 0.29) is 19.0 Å². The Hall–Kier alpha value is -2.33. The first-order chi connectivity index (χ1) is 13.9. The van der Waals surface area contributed by atoms with E-state index >= 15 is 0 Å². The van der Waals surface area contributed by atoms with E-state index in [4.69, 9.17) is 16.3 Å². The van der Waals surface area contributed by atoms with Gasteiger partial charge in [-0.05, 0) is 48.9 Å². The molecule has 156 valence electrons. The van der Waals surface area contributed by atoms with Gasteiger partial charge in [-0.2, -0.15) is 0 Å². The molecule has 1 aliphatic heterocycles. The van der Waals surface area contributed by atoms with Crippen molar-refractivity contribution < 1.29 is 17.9 Å². The lowest BCUT2D eigenvalue weighted by Gasteiger charge is -2.19. The molecule has 2 aromatic rings. The summed E-state index contributed by atoms with van der Waals surface area (Å²) in [5.41, 5.74) is 6.67. The van der Waals surface area contributed by atoms with Crippen molar-refractivity contribution >= 4 is 33.2 Å². The fourth-order valence-electron chi connectivity index (χ4n) is 2.98. The first-order valence-corrected chi connectivity index (χ1v) is 11.1. The lowest BCUT2D eigenvalue weighted by atomic mass is 10.1. The molecule has 0 aromatic heterocycles. The number of ether oxygens (including phenoxy) is 1. The maximum absolute atomic E-state index is 12.7. The molecule has 29 heavy (non-hydrogen) atoms. The van der Waals surface area contributed by atoms with Gasteiger partial charge in [-0.25, -0.2) is 13.8 Å². The minimum Gasteiger partial charge on any atom is -0.494 e. The molecule has 1 saturated heterocycles. The smallest absolute Gasteiger partial charge is 0.250 e. The van der Waals surface area contributed by atoms with Crippen LogP contribution < -0.4 is 25.6 Å². The lowest BCUT2D eigenvalue weighted by molar-refractivity contribution is -0.124. The normalized spacial score (nSPS) is 19.0. The number of hydrogen-bond acceptors (Lipinski definition) is 6. The number of sulfonamides is 1. The van der Waals surface area contributed by atoms with Crippen LogP contribution in [-0.4, -0.2) is 32.9 Å². The molecule has 10 heteroatoms.